The molecule has 0 aliphatic heterocycles. The third-order valence-corrected chi connectivity index (χ3v) is 2.98. The number of rotatable bonds is 5. The molecule has 0 atom stereocenters. The van der Waals surface area contributed by atoms with Crippen LogP contribution in [0.3, 0.4) is 0 Å². The Morgan fingerprint density at radius 2 is 1.95 bits per heavy atom. The summed E-state index contributed by atoms with van der Waals surface area (Å²) in [5.74, 6) is 1.78. The molecule has 2 rings (SSSR count). The highest BCUT2D eigenvalue weighted by molar-refractivity contribution is 6.32. The van der Waals surface area contributed by atoms with Crippen molar-refractivity contribution in [3.63, 3.8) is 0 Å². The van der Waals surface area contributed by atoms with Gasteiger partial charge in [0.15, 0.2) is 11.0 Å². The first-order valence-electron chi connectivity index (χ1n) is 5.64. The second kappa shape index (κ2) is 6.58. The zero-order valence-electron chi connectivity index (χ0n) is 10.9. The Labute approximate surface area is 126 Å². The van der Waals surface area contributed by atoms with Gasteiger partial charge in [-0.05, 0) is 23.7 Å². The first-order valence-corrected chi connectivity index (χ1v) is 6.40. The van der Waals surface area contributed by atoms with Crippen molar-refractivity contribution in [2.24, 2.45) is 0 Å². The van der Waals surface area contributed by atoms with Crippen molar-refractivity contribution in [3.8, 4) is 11.5 Å². The Kier molecular flexibility index (Phi) is 4.81. The number of methoxy groups -OCH3 is 2. The van der Waals surface area contributed by atoms with Gasteiger partial charge in [-0.2, -0.15) is 4.98 Å². The van der Waals surface area contributed by atoms with Crippen LogP contribution in [0.15, 0.2) is 18.2 Å². The first kappa shape index (κ1) is 14.6. The van der Waals surface area contributed by atoms with E-state index in [1.165, 1.54) is 0 Å². The lowest BCUT2D eigenvalue weighted by Crippen LogP contribution is -2.05. The Balaban J connectivity index is 2.16. The van der Waals surface area contributed by atoms with Crippen LogP contribution in [0.2, 0.25) is 10.4 Å². The SMILES string of the molecule is COc1ccc(CNc2nc(Cl)nnc2Cl)c(OC)c1. The van der Waals surface area contributed by atoms with Crippen LogP contribution in [0.5, 0.6) is 11.5 Å². The van der Waals surface area contributed by atoms with Gasteiger partial charge < -0.3 is 14.8 Å². The molecule has 1 aromatic heterocycles. The number of ether oxygens (including phenoxy) is 2. The number of halogens is 2. The molecule has 2 aromatic rings. The summed E-state index contributed by atoms with van der Waals surface area (Å²) in [5.41, 5.74) is 0.916. The van der Waals surface area contributed by atoms with Crippen LogP contribution in [-0.4, -0.2) is 29.4 Å². The molecule has 0 fully saturated rings. The van der Waals surface area contributed by atoms with Gasteiger partial charge in [0.05, 0.1) is 14.2 Å². The number of nitrogens with zero attached hydrogens (tertiary/aromatic N) is 3. The summed E-state index contributed by atoms with van der Waals surface area (Å²) in [4.78, 5) is 3.96. The topological polar surface area (TPSA) is 69.2 Å². The maximum atomic E-state index is 5.88. The Morgan fingerprint density at radius 1 is 1.15 bits per heavy atom. The van der Waals surface area contributed by atoms with Gasteiger partial charge in [-0.15, -0.1) is 10.2 Å². The van der Waals surface area contributed by atoms with Crippen LogP contribution >= 0.6 is 23.2 Å². The normalized spacial score (nSPS) is 10.2. The fourth-order valence-corrected chi connectivity index (χ4v) is 1.85. The molecule has 0 saturated carbocycles. The van der Waals surface area contributed by atoms with Gasteiger partial charge in [-0.25, -0.2) is 0 Å². The minimum absolute atomic E-state index is 0.0265. The Hall–Kier alpha value is -1.79. The van der Waals surface area contributed by atoms with Crippen molar-refractivity contribution in [2.75, 3.05) is 19.5 Å². The van der Waals surface area contributed by atoms with Gasteiger partial charge >= 0.3 is 0 Å². The van der Waals surface area contributed by atoms with E-state index in [0.29, 0.717) is 18.1 Å². The van der Waals surface area contributed by atoms with Crippen molar-refractivity contribution < 1.29 is 9.47 Å². The molecule has 0 spiro atoms. The summed E-state index contributed by atoms with van der Waals surface area (Å²) in [6, 6.07) is 5.52. The molecule has 0 aliphatic rings. The lowest BCUT2D eigenvalue weighted by atomic mass is 10.2. The highest BCUT2D eigenvalue weighted by atomic mass is 35.5. The van der Waals surface area contributed by atoms with Crippen LogP contribution < -0.4 is 14.8 Å². The number of aromatic nitrogens is 3. The van der Waals surface area contributed by atoms with Crippen molar-refractivity contribution in [3.05, 3.63) is 34.2 Å². The highest BCUT2D eigenvalue weighted by Gasteiger charge is 2.09. The number of hydrogen-bond donors (Lipinski definition) is 1. The predicted octanol–water partition coefficient (Wildman–Crippen LogP) is 2.81. The van der Waals surface area contributed by atoms with E-state index >= 15 is 0 Å². The van der Waals surface area contributed by atoms with Gasteiger partial charge in [-0.3, -0.25) is 0 Å². The molecular weight excluding hydrogens is 303 g/mol. The van der Waals surface area contributed by atoms with Gasteiger partial charge in [0.2, 0.25) is 5.28 Å². The second-order valence-corrected chi connectivity index (χ2v) is 4.45. The van der Waals surface area contributed by atoms with Gasteiger partial charge in [-0.1, -0.05) is 11.6 Å². The van der Waals surface area contributed by atoms with E-state index in [4.69, 9.17) is 32.7 Å². The van der Waals surface area contributed by atoms with Crippen molar-refractivity contribution >= 4 is 29.0 Å². The Bertz CT molecular complexity index is 610. The molecule has 20 heavy (non-hydrogen) atoms. The molecule has 6 nitrogen and oxygen atoms in total. The lowest BCUT2D eigenvalue weighted by Gasteiger charge is -2.11. The maximum absolute atomic E-state index is 5.88. The summed E-state index contributed by atoms with van der Waals surface area (Å²) in [7, 11) is 3.19. The maximum Gasteiger partial charge on any atom is 0.245 e. The third-order valence-electron chi connectivity index (χ3n) is 2.56. The molecule has 0 saturated heterocycles. The van der Waals surface area contributed by atoms with Crippen molar-refractivity contribution in [2.45, 2.75) is 6.54 Å². The fourth-order valence-electron chi connectivity index (χ4n) is 1.58. The van der Waals surface area contributed by atoms with E-state index in [-0.39, 0.29) is 10.4 Å². The minimum Gasteiger partial charge on any atom is -0.497 e. The molecule has 0 radical (unpaired) electrons. The molecule has 1 N–H and O–H groups in total. The van der Waals surface area contributed by atoms with Crippen molar-refractivity contribution in [1.29, 1.82) is 0 Å². The molecule has 0 unspecified atom stereocenters. The molecule has 0 aliphatic carbocycles. The zero-order chi connectivity index (χ0) is 14.5. The molecular formula is C12H12Cl2N4O2. The van der Waals surface area contributed by atoms with E-state index in [0.717, 1.165) is 11.3 Å². The van der Waals surface area contributed by atoms with E-state index in [2.05, 4.69) is 20.5 Å². The molecule has 0 amide bonds. The smallest absolute Gasteiger partial charge is 0.245 e. The van der Waals surface area contributed by atoms with Gasteiger partial charge in [0.25, 0.3) is 0 Å². The second-order valence-electron chi connectivity index (χ2n) is 3.75. The van der Waals surface area contributed by atoms with Crippen LogP contribution in [0.25, 0.3) is 0 Å². The van der Waals surface area contributed by atoms with Gasteiger partial charge in [0, 0.05) is 18.2 Å². The van der Waals surface area contributed by atoms with Crippen LogP contribution in [0, 0.1) is 0 Å². The summed E-state index contributed by atoms with van der Waals surface area (Å²) in [6.07, 6.45) is 0. The number of anilines is 1. The molecule has 0 bridgehead atoms. The van der Waals surface area contributed by atoms with E-state index < -0.39 is 0 Å². The molecule has 8 heteroatoms. The highest BCUT2D eigenvalue weighted by Crippen LogP contribution is 2.26. The third kappa shape index (κ3) is 3.40. The Morgan fingerprint density at radius 3 is 2.65 bits per heavy atom. The minimum atomic E-state index is 0.0265. The largest absolute Gasteiger partial charge is 0.497 e. The monoisotopic (exact) mass is 314 g/mol. The van der Waals surface area contributed by atoms with Crippen LogP contribution in [0.1, 0.15) is 5.56 Å². The van der Waals surface area contributed by atoms with E-state index in [1.807, 2.05) is 12.1 Å². The van der Waals surface area contributed by atoms with Gasteiger partial charge in [0.1, 0.15) is 11.5 Å². The van der Waals surface area contributed by atoms with Crippen molar-refractivity contribution in [1.82, 2.24) is 15.2 Å². The standard InChI is InChI=1S/C12H12Cl2N4O2/c1-19-8-4-3-7(9(5-8)20-2)6-15-11-10(13)17-18-12(14)16-11/h3-5H,6H2,1-2H3,(H,15,16,18). The van der Waals surface area contributed by atoms with E-state index in [1.54, 1.807) is 20.3 Å². The first-order chi connectivity index (χ1) is 9.63. The molecule has 1 aromatic carbocycles. The van der Waals surface area contributed by atoms with E-state index in [9.17, 15) is 0 Å². The molecule has 106 valence electrons. The summed E-state index contributed by atoms with van der Waals surface area (Å²) in [5, 5.41) is 10.4. The quantitative estimate of drug-likeness (QED) is 0.915. The van der Waals surface area contributed by atoms with Crippen LogP contribution in [0.4, 0.5) is 5.82 Å². The average Bonchev–Trinajstić information content (AvgIpc) is 2.48. The predicted molar refractivity (Wildman–Crippen MR) is 76.7 cm³/mol. The summed E-state index contributed by atoms with van der Waals surface area (Å²) >= 11 is 11.5. The zero-order valence-corrected chi connectivity index (χ0v) is 12.4. The number of hydrogen-bond acceptors (Lipinski definition) is 6. The summed E-state index contributed by atoms with van der Waals surface area (Å²) < 4.78 is 10.4. The van der Waals surface area contributed by atoms with Crippen LogP contribution in [-0.2, 0) is 6.54 Å². The molecule has 1 heterocycles. The number of benzene rings is 1. The average molecular weight is 315 g/mol. The number of nitrogens with one attached hydrogen (secondary N) is 1. The fraction of sp³-hybridized carbons (Fsp3) is 0.250. The lowest BCUT2D eigenvalue weighted by molar-refractivity contribution is 0.391. The summed E-state index contributed by atoms with van der Waals surface area (Å²) in [6.45, 7) is 0.446.